The third kappa shape index (κ3) is 8.04. The molecule has 6 rings (SSSR count). The molecule has 12 atom stereocenters. The van der Waals surface area contributed by atoms with Crippen LogP contribution in [0.4, 0.5) is 0 Å². The van der Waals surface area contributed by atoms with E-state index < -0.39 is 132 Å². The second kappa shape index (κ2) is 17.2. The van der Waals surface area contributed by atoms with Gasteiger partial charge in [-0.25, -0.2) is 9.59 Å². The first-order valence-electron chi connectivity index (χ1n) is 19.9. The molecule has 18 heteroatoms. The summed E-state index contributed by atoms with van der Waals surface area (Å²) in [5.74, 6) is -10.9. The molecule has 2 saturated carbocycles. The molecule has 0 amide bonds. The highest BCUT2D eigenvalue weighted by molar-refractivity contribution is 5.91. The molecule has 1 saturated heterocycles. The van der Waals surface area contributed by atoms with E-state index in [1.54, 1.807) is 25.1 Å². The van der Waals surface area contributed by atoms with Crippen LogP contribution in [-0.4, -0.2) is 114 Å². The number of rotatable bonds is 8. The van der Waals surface area contributed by atoms with Crippen LogP contribution in [0.3, 0.4) is 0 Å². The van der Waals surface area contributed by atoms with E-state index in [4.69, 9.17) is 42.6 Å². The van der Waals surface area contributed by atoms with Crippen LogP contribution in [0.15, 0.2) is 48.7 Å². The summed E-state index contributed by atoms with van der Waals surface area (Å²) in [4.78, 5) is 113. The Kier molecular flexibility index (Phi) is 12.6. The zero-order valence-electron chi connectivity index (χ0n) is 35.0. The fourth-order valence-electron chi connectivity index (χ4n) is 9.72. The third-order valence-electron chi connectivity index (χ3n) is 12.1. The maximum absolute atomic E-state index is 14.4. The molecule has 1 aromatic heterocycles. The Morgan fingerprint density at radius 3 is 1.97 bits per heavy atom. The average molecular weight is 852 g/mol. The lowest BCUT2D eigenvalue weighted by atomic mass is 9.46. The maximum atomic E-state index is 14.4. The van der Waals surface area contributed by atoms with Crippen molar-refractivity contribution in [2.45, 2.75) is 116 Å². The molecular weight excluding hydrogens is 802 g/mol. The summed E-state index contributed by atoms with van der Waals surface area (Å²) in [6, 6.07) is 10.7. The molecule has 0 radical (unpaired) electrons. The smallest absolute Gasteiger partial charge is 0.340 e. The number of hydrogen-bond donors (Lipinski definition) is 0. The third-order valence-corrected chi connectivity index (χ3v) is 12.1. The second-order valence-corrected chi connectivity index (χ2v) is 16.2. The minimum absolute atomic E-state index is 0.0383. The molecule has 12 unspecified atom stereocenters. The predicted molar refractivity (Wildman–Crippen MR) is 204 cm³/mol. The summed E-state index contributed by atoms with van der Waals surface area (Å²) < 4.78 is 56.1. The standard InChI is InChI=1S/C43H49NO17/c1-21-16-17-30-29(15-12-18-44-30)40(52)54-19-41(8)31-33(55-24(4)46)36(57-26(6)48)42(20-53-23(3)45)37(58-27(7)49)34(60-39(51)28-13-10-9-11-14-28)32(59-38(21)50)22(2)43(42,61-41)35(31)56-25(5)47/h9-15,18,21-22,31-37H,16-17,19-20H2,1-8H3. The highest BCUT2D eigenvalue weighted by Gasteiger charge is 2.88. The van der Waals surface area contributed by atoms with Crippen molar-refractivity contribution in [3.05, 3.63) is 65.5 Å². The Labute approximate surface area is 351 Å². The minimum Gasteiger partial charge on any atom is -0.465 e. The molecule has 2 aliphatic heterocycles. The summed E-state index contributed by atoms with van der Waals surface area (Å²) in [5, 5.41) is 0. The minimum atomic E-state index is -2.37. The van der Waals surface area contributed by atoms with E-state index in [2.05, 4.69) is 4.98 Å². The SMILES string of the molecule is CC(=O)OCC12C(OC(C)=O)C(OC(=O)c3ccccc3)C3OC(=O)C(C)CCc4ncccc4C(=O)OCC4(C)OC1(C3C)C(OC(C)=O)C4C(OC(C)=O)C2OC(C)=O. The van der Waals surface area contributed by atoms with Gasteiger partial charge in [0.1, 0.15) is 48.1 Å². The molecule has 0 N–H and O–H groups in total. The zero-order chi connectivity index (χ0) is 44.6. The van der Waals surface area contributed by atoms with Crippen LogP contribution in [0, 0.1) is 23.2 Å². The van der Waals surface area contributed by atoms with Gasteiger partial charge in [-0.1, -0.05) is 32.0 Å². The van der Waals surface area contributed by atoms with Crippen LogP contribution in [0.1, 0.15) is 88.2 Å². The number of aromatic nitrogens is 1. The summed E-state index contributed by atoms with van der Waals surface area (Å²) in [6.07, 6.45) is -8.90. The van der Waals surface area contributed by atoms with Gasteiger partial charge in [-0.3, -0.25) is 33.8 Å². The van der Waals surface area contributed by atoms with E-state index in [-0.39, 0.29) is 24.0 Å². The number of nitrogens with zero attached hydrogens (tertiary/aromatic N) is 1. The number of benzene rings is 1. The van der Waals surface area contributed by atoms with E-state index in [0.29, 0.717) is 5.69 Å². The van der Waals surface area contributed by atoms with Crippen molar-refractivity contribution in [1.82, 2.24) is 4.98 Å². The molecule has 4 bridgehead atoms. The van der Waals surface area contributed by atoms with Gasteiger partial charge < -0.3 is 42.6 Å². The fraction of sp³-hybridized carbons (Fsp3) is 0.558. The molecule has 3 fully saturated rings. The zero-order valence-corrected chi connectivity index (χ0v) is 35.0. The molecule has 4 aliphatic rings. The van der Waals surface area contributed by atoms with Crippen molar-refractivity contribution < 1.29 is 81.0 Å². The van der Waals surface area contributed by atoms with Gasteiger partial charge in [0.2, 0.25) is 0 Å². The second-order valence-electron chi connectivity index (χ2n) is 16.2. The van der Waals surface area contributed by atoms with Gasteiger partial charge >= 0.3 is 47.8 Å². The van der Waals surface area contributed by atoms with Crippen molar-refractivity contribution in [3.63, 3.8) is 0 Å². The lowest BCUT2D eigenvalue weighted by Gasteiger charge is -2.65. The van der Waals surface area contributed by atoms with Gasteiger partial charge in [0.05, 0.1) is 28.7 Å². The van der Waals surface area contributed by atoms with Crippen LogP contribution >= 0.6 is 0 Å². The number of pyridine rings is 1. The number of carbonyl (C=O) groups excluding carboxylic acids is 8. The molecule has 61 heavy (non-hydrogen) atoms. The largest absolute Gasteiger partial charge is 0.465 e. The Hall–Kier alpha value is -5.91. The van der Waals surface area contributed by atoms with Crippen LogP contribution in [0.2, 0.25) is 0 Å². The van der Waals surface area contributed by atoms with Crippen LogP contribution < -0.4 is 0 Å². The predicted octanol–water partition coefficient (Wildman–Crippen LogP) is 3.04. The Bertz CT molecular complexity index is 2090. The number of hydrogen-bond acceptors (Lipinski definition) is 18. The van der Waals surface area contributed by atoms with Crippen molar-refractivity contribution in [1.29, 1.82) is 0 Å². The number of fused-ring (bicyclic) bond motifs is 5. The molecule has 328 valence electrons. The first-order valence-corrected chi connectivity index (χ1v) is 19.9. The van der Waals surface area contributed by atoms with Gasteiger partial charge in [0.15, 0.2) is 18.3 Å². The van der Waals surface area contributed by atoms with Crippen LogP contribution in [0.25, 0.3) is 0 Å². The Morgan fingerprint density at radius 1 is 0.754 bits per heavy atom. The van der Waals surface area contributed by atoms with Crippen LogP contribution in [0.5, 0.6) is 0 Å². The monoisotopic (exact) mass is 851 g/mol. The first kappa shape index (κ1) is 44.6. The highest BCUT2D eigenvalue weighted by atomic mass is 16.7. The van der Waals surface area contributed by atoms with Gasteiger partial charge in [0.25, 0.3) is 0 Å². The molecule has 1 aromatic carbocycles. The number of ether oxygens (including phenoxy) is 9. The maximum Gasteiger partial charge on any atom is 0.340 e. The van der Waals surface area contributed by atoms with E-state index >= 15 is 0 Å². The summed E-state index contributed by atoms with van der Waals surface area (Å²) in [7, 11) is 0. The van der Waals surface area contributed by atoms with E-state index in [9.17, 15) is 38.4 Å². The van der Waals surface area contributed by atoms with E-state index in [1.165, 1.54) is 44.3 Å². The topological polar surface area (TPSA) is 233 Å². The van der Waals surface area contributed by atoms with E-state index in [1.807, 2.05) is 0 Å². The Morgan fingerprint density at radius 2 is 1.36 bits per heavy atom. The van der Waals surface area contributed by atoms with Crippen molar-refractivity contribution in [3.8, 4) is 0 Å². The highest BCUT2D eigenvalue weighted by Crippen LogP contribution is 2.69. The number of cyclic esters (lactones) is 1. The van der Waals surface area contributed by atoms with Crippen LogP contribution in [-0.2, 0) is 77.8 Å². The molecular formula is C43H49NO17. The quantitative estimate of drug-likeness (QED) is 0.274. The number of aryl methyl sites for hydroxylation is 1. The van der Waals surface area contributed by atoms with Gasteiger partial charge in [-0.15, -0.1) is 0 Å². The van der Waals surface area contributed by atoms with E-state index in [0.717, 1.165) is 34.6 Å². The molecule has 2 aliphatic carbocycles. The normalized spacial score (nSPS) is 34.1. The summed E-state index contributed by atoms with van der Waals surface area (Å²) in [6.45, 7) is 8.38. The van der Waals surface area contributed by atoms with Crippen molar-refractivity contribution in [2.75, 3.05) is 13.2 Å². The van der Waals surface area contributed by atoms with Gasteiger partial charge in [-0.2, -0.15) is 0 Å². The van der Waals surface area contributed by atoms with Crippen molar-refractivity contribution >= 4 is 47.8 Å². The number of carbonyl (C=O) groups is 8. The Balaban J connectivity index is 1.74. The molecule has 1 spiro atoms. The van der Waals surface area contributed by atoms with Gasteiger partial charge in [-0.05, 0) is 44.0 Å². The first-order chi connectivity index (χ1) is 28.8. The fourth-order valence-corrected chi connectivity index (χ4v) is 9.72. The lowest BCUT2D eigenvalue weighted by Crippen LogP contribution is -2.84. The molecule has 2 aromatic rings. The molecule has 18 nitrogen and oxygen atoms in total. The van der Waals surface area contributed by atoms with Crippen molar-refractivity contribution in [2.24, 2.45) is 23.2 Å². The summed E-state index contributed by atoms with van der Waals surface area (Å²) in [5.41, 5.74) is -6.09. The average Bonchev–Trinajstić information content (AvgIpc) is 3.41. The summed E-state index contributed by atoms with van der Waals surface area (Å²) >= 11 is 0. The number of esters is 8. The van der Waals surface area contributed by atoms with Gasteiger partial charge in [0, 0.05) is 46.7 Å². The lowest BCUT2D eigenvalue weighted by molar-refractivity contribution is -0.348. The molecule has 3 heterocycles.